The third-order valence-electron chi connectivity index (χ3n) is 2.83. The van der Waals surface area contributed by atoms with Crippen LogP contribution in [0.5, 0.6) is 5.88 Å². The molecule has 1 N–H and O–H groups in total. The van der Waals surface area contributed by atoms with Gasteiger partial charge in [-0.2, -0.15) is 0 Å². The summed E-state index contributed by atoms with van der Waals surface area (Å²) in [6.07, 6.45) is 6.13. The van der Waals surface area contributed by atoms with Gasteiger partial charge in [0.1, 0.15) is 0 Å². The van der Waals surface area contributed by atoms with Crippen LogP contribution < -0.4 is 9.46 Å². The van der Waals surface area contributed by atoms with E-state index >= 15 is 0 Å². The minimum Gasteiger partial charge on any atom is -0.481 e. The molecule has 1 heterocycles. The second-order valence-electron chi connectivity index (χ2n) is 4.14. The van der Waals surface area contributed by atoms with Crippen molar-refractivity contribution in [1.82, 2.24) is 9.71 Å². The Bertz CT molecular complexity index is 540. The Hall–Kier alpha value is -1.40. The van der Waals surface area contributed by atoms with E-state index < -0.39 is 10.0 Å². The lowest BCUT2D eigenvalue weighted by Crippen LogP contribution is -2.28. The Kier molecular flexibility index (Phi) is 3.98. The zero-order chi connectivity index (χ0) is 13.0. The van der Waals surface area contributed by atoms with Gasteiger partial charge in [0.15, 0.2) is 5.03 Å². The van der Waals surface area contributed by atoms with Gasteiger partial charge in [-0.05, 0) is 24.8 Å². The lowest BCUT2D eigenvalue weighted by Gasteiger charge is -2.10. The number of pyridine rings is 1. The molecule has 0 aliphatic heterocycles. The number of hydrogen-bond acceptors (Lipinski definition) is 4. The van der Waals surface area contributed by atoms with Crippen molar-refractivity contribution in [3.05, 3.63) is 30.4 Å². The molecule has 6 heteroatoms. The lowest BCUT2D eigenvalue weighted by molar-refractivity contribution is 0.393. The normalized spacial score (nSPS) is 19.1. The van der Waals surface area contributed by atoms with Gasteiger partial charge in [-0.25, -0.2) is 18.1 Å². The molecule has 1 aromatic heterocycles. The number of rotatable bonds is 5. The maximum atomic E-state index is 12.0. The highest BCUT2D eigenvalue weighted by Crippen LogP contribution is 2.17. The van der Waals surface area contributed by atoms with Crippen molar-refractivity contribution in [2.75, 3.05) is 13.7 Å². The lowest BCUT2D eigenvalue weighted by atomic mass is 10.1. The van der Waals surface area contributed by atoms with Gasteiger partial charge in [-0.1, -0.05) is 18.2 Å². The van der Waals surface area contributed by atoms with Crippen LogP contribution >= 0.6 is 0 Å². The smallest absolute Gasteiger partial charge is 0.258 e. The first kappa shape index (κ1) is 13.0. The number of nitrogens with one attached hydrogen (secondary N) is 1. The van der Waals surface area contributed by atoms with E-state index in [9.17, 15) is 8.42 Å². The van der Waals surface area contributed by atoms with E-state index in [4.69, 9.17) is 4.74 Å². The number of sulfonamides is 1. The average Bonchev–Trinajstić information content (AvgIpc) is 2.90. The summed E-state index contributed by atoms with van der Waals surface area (Å²) in [6, 6.07) is 4.67. The van der Waals surface area contributed by atoms with E-state index in [1.165, 1.54) is 13.2 Å². The summed E-state index contributed by atoms with van der Waals surface area (Å²) >= 11 is 0. The first-order valence-corrected chi connectivity index (χ1v) is 7.27. The molecule has 18 heavy (non-hydrogen) atoms. The van der Waals surface area contributed by atoms with Crippen molar-refractivity contribution in [3.8, 4) is 5.88 Å². The molecule has 98 valence electrons. The van der Waals surface area contributed by atoms with Crippen LogP contribution in [0.2, 0.25) is 0 Å². The van der Waals surface area contributed by atoms with Crippen LogP contribution in [0.4, 0.5) is 0 Å². The summed E-state index contributed by atoms with van der Waals surface area (Å²) in [4.78, 5) is 3.92. The number of aromatic nitrogens is 1. The SMILES string of the molecule is COc1cccc(S(=O)(=O)NCC2C=CCC2)n1. The predicted octanol–water partition coefficient (Wildman–Crippen LogP) is 1.33. The number of ether oxygens (including phenoxy) is 1. The summed E-state index contributed by atoms with van der Waals surface area (Å²) < 4.78 is 31.5. The highest BCUT2D eigenvalue weighted by molar-refractivity contribution is 7.89. The second kappa shape index (κ2) is 5.49. The highest BCUT2D eigenvalue weighted by atomic mass is 32.2. The molecule has 0 saturated heterocycles. The van der Waals surface area contributed by atoms with Crippen molar-refractivity contribution in [1.29, 1.82) is 0 Å². The summed E-state index contributed by atoms with van der Waals surface area (Å²) in [5.41, 5.74) is 0. The van der Waals surface area contributed by atoms with Crippen LogP contribution in [0.25, 0.3) is 0 Å². The van der Waals surface area contributed by atoms with Gasteiger partial charge < -0.3 is 4.74 Å². The van der Waals surface area contributed by atoms with E-state index in [1.807, 2.05) is 6.08 Å². The highest BCUT2D eigenvalue weighted by Gasteiger charge is 2.18. The molecule has 2 rings (SSSR count). The first-order chi connectivity index (χ1) is 8.62. The van der Waals surface area contributed by atoms with Crippen LogP contribution in [0.3, 0.4) is 0 Å². The molecule has 0 fully saturated rings. The van der Waals surface area contributed by atoms with Gasteiger partial charge in [0.2, 0.25) is 5.88 Å². The molecule has 1 unspecified atom stereocenters. The molecule has 0 spiro atoms. The molecule has 0 aromatic carbocycles. The van der Waals surface area contributed by atoms with Crippen LogP contribution in [0.1, 0.15) is 12.8 Å². The molecule has 0 radical (unpaired) electrons. The predicted molar refractivity (Wildman–Crippen MR) is 67.8 cm³/mol. The molecule has 1 aliphatic carbocycles. The summed E-state index contributed by atoms with van der Waals surface area (Å²) in [5.74, 6) is 0.573. The Balaban J connectivity index is 2.07. The maximum absolute atomic E-state index is 12.0. The molecular formula is C12H16N2O3S. The minimum absolute atomic E-state index is 0.0103. The quantitative estimate of drug-likeness (QED) is 0.818. The second-order valence-corrected chi connectivity index (χ2v) is 5.85. The molecular weight excluding hydrogens is 252 g/mol. The topological polar surface area (TPSA) is 68.3 Å². The zero-order valence-corrected chi connectivity index (χ0v) is 11.0. The monoisotopic (exact) mass is 268 g/mol. The fourth-order valence-electron chi connectivity index (χ4n) is 1.82. The number of nitrogens with zero attached hydrogens (tertiary/aromatic N) is 1. The number of allylic oxidation sites excluding steroid dienone is 1. The van der Waals surface area contributed by atoms with Gasteiger partial charge in [0, 0.05) is 12.6 Å². The van der Waals surface area contributed by atoms with Crippen molar-refractivity contribution in [2.24, 2.45) is 5.92 Å². The Morgan fingerprint density at radius 1 is 1.50 bits per heavy atom. The largest absolute Gasteiger partial charge is 0.481 e. The van der Waals surface area contributed by atoms with Gasteiger partial charge in [0.25, 0.3) is 10.0 Å². The Morgan fingerprint density at radius 3 is 3.00 bits per heavy atom. The maximum Gasteiger partial charge on any atom is 0.258 e. The van der Waals surface area contributed by atoms with Crippen molar-refractivity contribution < 1.29 is 13.2 Å². The Labute approximate surface area is 107 Å². The summed E-state index contributed by atoms with van der Waals surface area (Å²) in [5, 5.41) is -0.0103. The van der Waals surface area contributed by atoms with Crippen LogP contribution in [0.15, 0.2) is 35.4 Å². The van der Waals surface area contributed by atoms with Crippen LogP contribution in [0, 0.1) is 5.92 Å². The molecule has 5 nitrogen and oxygen atoms in total. The molecule has 1 aromatic rings. The zero-order valence-electron chi connectivity index (χ0n) is 10.2. The van der Waals surface area contributed by atoms with Gasteiger partial charge >= 0.3 is 0 Å². The molecule has 0 amide bonds. The van der Waals surface area contributed by atoms with E-state index in [2.05, 4.69) is 15.8 Å². The molecule has 1 aliphatic rings. The average molecular weight is 268 g/mol. The van der Waals surface area contributed by atoms with Gasteiger partial charge in [0.05, 0.1) is 7.11 Å². The number of methoxy groups -OCH3 is 1. The molecule has 0 saturated carbocycles. The van der Waals surface area contributed by atoms with Crippen molar-refractivity contribution in [2.45, 2.75) is 17.9 Å². The molecule has 1 atom stereocenters. The van der Waals surface area contributed by atoms with Crippen LogP contribution in [-0.4, -0.2) is 27.1 Å². The van der Waals surface area contributed by atoms with Crippen molar-refractivity contribution >= 4 is 10.0 Å². The minimum atomic E-state index is -3.56. The van der Waals surface area contributed by atoms with Gasteiger partial charge in [-0.15, -0.1) is 0 Å². The third kappa shape index (κ3) is 3.08. The molecule has 0 bridgehead atoms. The standard InChI is InChI=1S/C12H16N2O3S/c1-17-11-7-4-8-12(14-11)18(15,16)13-9-10-5-2-3-6-10/h2,4-5,7-8,10,13H,3,6,9H2,1H3. The summed E-state index contributed by atoms with van der Waals surface area (Å²) in [7, 11) is -2.10. The van der Waals surface area contributed by atoms with Crippen molar-refractivity contribution in [3.63, 3.8) is 0 Å². The fourth-order valence-corrected chi connectivity index (χ4v) is 2.86. The summed E-state index contributed by atoms with van der Waals surface area (Å²) in [6.45, 7) is 0.414. The Morgan fingerprint density at radius 2 is 2.33 bits per heavy atom. The fraction of sp³-hybridized carbons (Fsp3) is 0.417. The first-order valence-electron chi connectivity index (χ1n) is 5.79. The van der Waals surface area contributed by atoms with E-state index in [1.54, 1.807) is 12.1 Å². The van der Waals surface area contributed by atoms with Gasteiger partial charge in [-0.3, -0.25) is 0 Å². The van der Waals surface area contributed by atoms with Crippen LogP contribution in [-0.2, 0) is 10.0 Å². The number of hydrogen-bond donors (Lipinski definition) is 1. The van der Waals surface area contributed by atoms with E-state index in [0.29, 0.717) is 12.4 Å². The third-order valence-corrected chi connectivity index (χ3v) is 4.16. The van der Waals surface area contributed by atoms with E-state index in [0.717, 1.165) is 12.8 Å². The van der Waals surface area contributed by atoms with E-state index in [-0.39, 0.29) is 10.9 Å².